The maximum atomic E-state index is 2.44. The van der Waals surface area contributed by atoms with Crippen molar-refractivity contribution in [3.8, 4) is 78.1 Å². The Bertz CT molecular complexity index is 8930. The molecular formula is C140H100N4Si2. The van der Waals surface area contributed by atoms with Gasteiger partial charge in [0.15, 0.2) is 16.1 Å². The predicted octanol–water partition coefficient (Wildman–Crippen LogP) is 31.6. The molecule has 0 atom stereocenters. The molecule has 2 aromatic heterocycles. The first-order valence-corrected chi connectivity index (χ1v) is 54.3. The summed E-state index contributed by atoms with van der Waals surface area (Å²) in [7, 11) is -5.45. The van der Waals surface area contributed by atoms with Crippen molar-refractivity contribution >= 4 is 157 Å². The molecule has 0 radical (unpaired) electrons. The molecule has 0 saturated carbocycles. The van der Waals surface area contributed by atoms with Crippen LogP contribution in [-0.2, 0) is 0 Å². The Morgan fingerprint density at radius 3 is 0.801 bits per heavy atom. The standard InChI is InChI=1S/2C70H50N2Si/c1-6-21-53(22-7-1)62-32-18-35-65-64(62)34-20-37-67(65)71(57-47-49-61(50-48-57)73(58-25-10-3-11-26-58,59-27-12-4-13-28-59)60-29-14-5-15-30-60)56-45-43-52(44-46-56)51-39-41-54(42-40-51)63-33-19-38-69-70(63)66-31-16-17-36-68(66)72(69)55-23-8-2-9-24-55;1-6-19-51(20-7-1)55-37-38-57-50-61(44-41-56(57)49-55)71(60-45-47-65(48-46-60)73(62-23-10-3-11-24-62,63-25-12-4-13-26-63)64-27-14-5-15-28-64)59-42-39-53(40-43-59)52-33-35-54(36-34-52)66-30-18-32-69-70(66)67-29-16-17-31-68(67)72(69)58-21-8-2-9-22-58/h2*1-50H. The number of fused-ring (bicyclic) bond motifs is 8. The highest BCUT2D eigenvalue weighted by Crippen LogP contribution is 2.47. The SMILES string of the molecule is c1ccc(-c2ccc3cc(N(c4ccc(-c5ccc(-c6cccc7c6c6ccccc6n7-c6ccccc6)cc5)cc4)c4ccc([Si](c5ccccc5)(c5ccccc5)c5ccccc5)cc4)ccc3c2)cc1.c1ccc(-c2cccc3c(N(c4ccc(-c5ccc(-c6cccc7c6c6ccccc6n7-c6ccccc6)cc5)cc4)c4ccc([Si](c5ccccc5)(c5ccccc5)c5ccccc5)cc4)cccc23)cc1. The van der Waals surface area contributed by atoms with Crippen LogP contribution < -0.4 is 51.3 Å². The highest BCUT2D eigenvalue weighted by Gasteiger charge is 2.43. The van der Waals surface area contributed by atoms with Crippen molar-refractivity contribution in [3.05, 3.63) is 607 Å². The summed E-state index contributed by atoms with van der Waals surface area (Å²) >= 11 is 0. The molecule has 0 unspecified atom stereocenters. The highest BCUT2D eigenvalue weighted by atomic mass is 28.3. The van der Waals surface area contributed by atoms with E-state index in [2.05, 4.69) is 626 Å². The van der Waals surface area contributed by atoms with Crippen LogP contribution in [0.15, 0.2) is 607 Å². The summed E-state index contributed by atoms with van der Waals surface area (Å²) in [6.45, 7) is 0. The summed E-state index contributed by atoms with van der Waals surface area (Å²) in [4.78, 5) is 4.85. The average molecular weight is 1890 g/mol. The summed E-state index contributed by atoms with van der Waals surface area (Å²) < 4.78 is 4.77. The van der Waals surface area contributed by atoms with Gasteiger partial charge in [0.2, 0.25) is 0 Å². The lowest BCUT2D eigenvalue weighted by atomic mass is 9.96. The number of hydrogen-bond donors (Lipinski definition) is 0. The van der Waals surface area contributed by atoms with Gasteiger partial charge in [0.25, 0.3) is 0 Å². The molecule has 0 saturated heterocycles. The number of nitrogens with zero attached hydrogens (tertiary/aromatic N) is 4. The molecule has 26 rings (SSSR count). The lowest BCUT2D eigenvalue weighted by Gasteiger charge is -2.35. The fraction of sp³-hybridized carbons (Fsp3) is 0. The van der Waals surface area contributed by atoms with Gasteiger partial charge in [-0.25, -0.2) is 0 Å². The molecule has 2 heterocycles. The summed E-state index contributed by atoms with van der Waals surface area (Å²) in [5.74, 6) is 0. The van der Waals surface area contributed by atoms with E-state index in [1.807, 2.05) is 0 Å². The van der Waals surface area contributed by atoms with Crippen LogP contribution >= 0.6 is 0 Å². The first-order chi connectivity index (χ1) is 72.4. The second-order valence-electron chi connectivity index (χ2n) is 37.6. The largest absolute Gasteiger partial charge is 0.310 e. The lowest BCUT2D eigenvalue weighted by Crippen LogP contribution is -2.74. The number of para-hydroxylation sites is 4. The minimum atomic E-state index is -2.73. The van der Waals surface area contributed by atoms with Gasteiger partial charge < -0.3 is 18.9 Å². The smallest absolute Gasteiger partial charge is 0.179 e. The van der Waals surface area contributed by atoms with Crippen molar-refractivity contribution in [2.75, 3.05) is 9.80 Å². The zero-order chi connectivity index (χ0) is 97.1. The lowest BCUT2D eigenvalue weighted by molar-refractivity contribution is 1.18. The molecule has 24 aromatic carbocycles. The molecule has 0 aliphatic rings. The highest BCUT2D eigenvalue weighted by molar-refractivity contribution is 7.20. The fourth-order valence-corrected chi connectivity index (χ4v) is 32.3. The van der Waals surface area contributed by atoms with Crippen LogP contribution in [-0.4, -0.2) is 25.3 Å². The van der Waals surface area contributed by atoms with Crippen molar-refractivity contribution in [2.45, 2.75) is 0 Å². The van der Waals surface area contributed by atoms with Crippen molar-refractivity contribution in [3.63, 3.8) is 0 Å². The van der Waals surface area contributed by atoms with Crippen LogP contribution in [0, 0.1) is 0 Å². The van der Waals surface area contributed by atoms with Crippen LogP contribution in [0.3, 0.4) is 0 Å². The van der Waals surface area contributed by atoms with Gasteiger partial charge in [-0.2, -0.15) is 0 Å². The van der Waals surface area contributed by atoms with Crippen LogP contribution in [0.4, 0.5) is 34.1 Å². The normalized spacial score (nSPS) is 11.6. The Hall–Kier alpha value is -18.6. The monoisotopic (exact) mass is 1890 g/mol. The van der Waals surface area contributed by atoms with Crippen LogP contribution in [0.25, 0.3) is 143 Å². The molecule has 0 N–H and O–H groups in total. The van der Waals surface area contributed by atoms with Gasteiger partial charge in [-0.15, -0.1) is 0 Å². The van der Waals surface area contributed by atoms with Crippen LogP contribution in [0.2, 0.25) is 0 Å². The van der Waals surface area contributed by atoms with Crippen molar-refractivity contribution in [2.24, 2.45) is 0 Å². The maximum absolute atomic E-state index is 2.73. The summed E-state index contributed by atoms with van der Waals surface area (Å²) in [5, 5.41) is 20.7. The minimum Gasteiger partial charge on any atom is -0.310 e. The molecule has 0 aliphatic heterocycles. The Kier molecular flexibility index (Phi) is 23.8. The van der Waals surface area contributed by atoms with E-state index < -0.39 is 16.1 Å². The molecule has 0 fully saturated rings. The number of hydrogen-bond acceptors (Lipinski definition) is 2. The molecule has 0 bridgehead atoms. The molecule has 0 spiro atoms. The molecule has 0 aliphatic carbocycles. The maximum Gasteiger partial charge on any atom is 0.179 e. The summed E-state index contributed by atoms with van der Waals surface area (Å²) in [5.41, 5.74) is 28.1. The van der Waals surface area contributed by atoms with Gasteiger partial charge >= 0.3 is 0 Å². The molecule has 146 heavy (non-hydrogen) atoms. The third-order valence-corrected chi connectivity index (χ3v) is 39.1. The number of rotatable bonds is 22. The van der Waals surface area contributed by atoms with E-state index in [4.69, 9.17) is 0 Å². The van der Waals surface area contributed by atoms with Crippen LogP contribution in [0.5, 0.6) is 0 Å². The summed E-state index contributed by atoms with van der Waals surface area (Å²) in [6.07, 6.45) is 0. The van der Waals surface area contributed by atoms with Gasteiger partial charge in [0.1, 0.15) is 0 Å². The van der Waals surface area contributed by atoms with Gasteiger partial charge in [-0.1, -0.05) is 485 Å². The van der Waals surface area contributed by atoms with E-state index in [0.29, 0.717) is 0 Å². The minimum absolute atomic E-state index is 1.09. The fourth-order valence-electron chi connectivity index (χ4n) is 22.8. The van der Waals surface area contributed by atoms with E-state index in [-0.39, 0.29) is 0 Å². The van der Waals surface area contributed by atoms with Gasteiger partial charge in [0, 0.05) is 66.7 Å². The predicted molar refractivity (Wildman–Crippen MR) is 626 cm³/mol. The first kappa shape index (κ1) is 88.8. The number of benzene rings is 24. The zero-order valence-corrected chi connectivity index (χ0v) is 82.5. The van der Waals surface area contributed by atoms with Gasteiger partial charge in [0.05, 0.1) is 27.8 Å². The van der Waals surface area contributed by atoms with E-state index >= 15 is 0 Å². The zero-order valence-electron chi connectivity index (χ0n) is 80.5. The third-order valence-electron chi connectivity index (χ3n) is 29.5. The van der Waals surface area contributed by atoms with Crippen molar-refractivity contribution in [1.29, 1.82) is 0 Å². The second-order valence-corrected chi connectivity index (χ2v) is 45.3. The van der Waals surface area contributed by atoms with Gasteiger partial charge in [-0.3, -0.25) is 0 Å². The van der Waals surface area contributed by atoms with Gasteiger partial charge in [-0.05, 0) is 246 Å². The topological polar surface area (TPSA) is 16.3 Å². The molecule has 4 nitrogen and oxygen atoms in total. The molecule has 6 heteroatoms. The number of aromatic nitrogens is 2. The molecule has 0 amide bonds. The molecular weight excluding hydrogens is 1790 g/mol. The third kappa shape index (κ3) is 16.3. The Morgan fingerprint density at radius 2 is 0.397 bits per heavy atom. The van der Waals surface area contributed by atoms with E-state index in [1.54, 1.807) is 0 Å². The average Bonchev–Trinajstić information content (AvgIpc) is 1.69. The Morgan fingerprint density at radius 1 is 0.144 bits per heavy atom. The second kappa shape index (κ2) is 39.1. The van der Waals surface area contributed by atoms with E-state index in [0.717, 1.165) is 51.1 Å². The summed E-state index contributed by atoms with van der Waals surface area (Å²) in [6, 6.07) is 223. The van der Waals surface area contributed by atoms with E-state index in [9.17, 15) is 0 Å². The quantitative estimate of drug-likeness (QED) is 0.0497. The Labute approximate surface area is 854 Å². The molecule has 688 valence electrons. The van der Waals surface area contributed by atoms with Crippen molar-refractivity contribution < 1.29 is 0 Å². The van der Waals surface area contributed by atoms with Crippen LogP contribution in [0.1, 0.15) is 0 Å². The Balaban J connectivity index is 0.000000152. The van der Waals surface area contributed by atoms with E-state index in [1.165, 1.54) is 168 Å². The molecule has 26 aromatic rings. The number of anilines is 6. The first-order valence-electron chi connectivity index (χ1n) is 50.3. The van der Waals surface area contributed by atoms with Crippen molar-refractivity contribution in [1.82, 2.24) is 9.13 Å².